The molecule has 1 aliphatic rings. The number of nitrogens with zero attached hydrogens (tertiary/aromatic N) is 2. The van der Waals surface area contributed by atoms with Gasteiger partial charge in [0.15, 0.2) is 9.84 Å². The molecule has 6 heteroatoms. The molecule has 1 aromatic heterocycles. The van der Waals surface area contributed by atoms with Crippen molar-refractivity contribution in [2.24, 2.45) is 18.9 Å². The monoisotopic (exact) mass is 320 g/mol. The number of aryl methyl sites for hydroxylation is 1. The molecule has 96 valence electrons. The summed E-state index contributed by atoms with van der Waals surface area (Å²) >= 11 is 3.50. The topological polar surface area (TPSA) is 52.0 Å². The Kier molecular flexibility index (Phi) is 3.92. The number of hydrogen-bond donors (Lipinski definition) is 0. The van der Waals surface area contributed by atoms with E-state index in [0.29, 0.717) is 17.4 Å². The Hall–Kier alpha value is -0.360. The summed E-state index contributed by atoms with van der Waals surface area (Å²) in [5, 5.41) is 5.19. The predicted molar refractivity (Wildman–Crippen MR) is 71.0 cm³/mol. The summed E-state index contributed by atoms with van der Waals surface area (Å²) in [7, 11) is -0.889. The van der Waals surface area contributed by atoms with Crippen molar-refractivity contribution in [3.05, 3.63) is 18.0 Å². The smallest absolute Gasteiger partial charge is 0.150 e. The van der Waals surface area contributed by atoms with E-state index in [1.54, 1.807) is 4.68 Å². The van der Waals surface area contributed by atoms with Gasteiger partial charge in [-0.05, 0) is 30.7 Å². The van der Waals surface area contributed by atoms with E-state index in [1.807, 2.05) is 19.3 Å². The van der Waals surface area contributed by atoms with Crippen molar-refractivity contribution in [1.29, 1.82) is 0 Å². The van der Waals surface area contributed by atoms with E-state index in [-0.39, 0.29) is 5.92 Å². The maximum absolute atomic E-state index is 11.5. The second-order valence-electron chi connectivity index (χ2n) is 4.76. The molecule has 0 aromatic carbocycles. The van der Waals surface area contributed by atoms with Crippen molar-refractivity contribution in [3.63, 3.8) is 0 Å². The van der Waals surface area contributed by atoms with Crippen LogP contribution in [0.15, 0.2) is 12.3 Å². The van der Waals surface area contributed by atoms with Gasteiger partial charge in [-0.3, -0.25) is 4.68 Å². The highest BCUT2D eigenvalue weighted by Crippen LogP contribution is 2.29. The Morgan fingerprint density at radius 2 is 2.41 bits per heavy atom. The summed E-state index contributed by atoms with van der Waals surface area (Å²) in [6, 6.07) is 2.00. The molecule has 0 N–H and O–H groups in total. The first-order valence-corrected chi connectivity index (χ1v) is 8.69. The zero-order chi connectivity index (χ0) is 12.5. The van der Waals surface area contributed by atoms with Crippen molar-refractivity contribution in [2.75, 3.05) is 16.8 Å². The normalized spacial score (nSPS) is 24.9. The minimum absolute atomic E-state index is 0.279. The first kappa shape index (κ1) is 13.1. The Morgan fingerprint density at radius 3 is 2.88 bits per heavy atom. The molecule has 0 radical (unpaired) electrons. The van der Waals surface area contributed by atoms with Crippen LogP contribution in [0.5, 0.6) is 0 Å². The van der Waals surface area contributed by atoms with Crippen molar-refractivity contribution < 1.29 is 8.42 Å². The van der Waals surface area contributed by atoms with Crippen LogP contribution in [0.2, 0.25) is 0 Å². The van der Waals surface area contributed by atoms with Crippen molar-refractivity contribution in [2.45, 2.75) is 12.8 Å². The second-order valence-corrected chi connectivity index (χ2v) is 7.64. The van der Waals surface area contributed by atoms with E-state index in [0.717, 1.165) is 23.9 Å². The summed E-state index contributed by atoms with van der Waals surface area (Å²) in [5.74, 6) is 1.34. The second kappa shape index (κ2) is 5.10. The molecule has 2 rings (SSSR count). The lowest BCUT2D eigenvalue weighted by atomic mass is 9.90. The molecule has 0 amide bonds. The van der Waals surface area contributed by atoms with Gasteiger partial charge in [0.1, 0.15) is 0 Å². The SMILES string of the molecule is Cn1ccc(CC(CBr)C2CCS(=O)(=O)C2)n1. The molecular weight excluding hydrogens is 304 g/mol. The van der Waals surface area contributed by atoms with Crippen molar-refractivity contribution >= 4 is 25.8 Å². The highest BCUT2D eigenvalue weighted by molar-refractivity contribution is 9.09. The quantitative estimate of drug-likeness (QED) is 0.788. The largest absolute Gasteiger partial charge is 0.276 e. The number of sulfone groups is 1. The average Bonchev–Trinajstić information content (AvgIpc) is 2.81. The van der Waals surface area contributed by atoms with Crippen molar-refractivity contribution in [3.8, 4) is 0 Å². The van der Waals surface area contributed by atoms with Gasteiger partial charge in [-0.15, -0.1) is 0 Å². The van der Waals surface area contributed by atoms with Crippen LogP contribution >= 0.6 is 15.9 Å². The van der Waals surface area contributed by atoms with Crippen LogP contribution in [0.1, 0.15) is 12.1 Å². The third-order valence-electron chi connectivity index (χ3n) is 3.37. The van der Waals surface area contributed by atoms with Gasteiger partial charge < -0.3 is 0 Å². The molecule has 17 heavy (non-hydrogen) atoms. The Morgan fingerprint density at radius 1 is 1.65 bits per heavy atom. The van der Waals surface area contributed by atoms with Gasteiger partial charge in [-0.1, -0.05) is 15.9 Å². The van der Waals surface area contributed by atoms with Crippen LogP contribution in [0.3, 0.4) is 0 Å². The highest BCUT2D eigenvalue weighted by Gasteiger charge is 2.33. The summed E-state index contributed by atoms with van der Waals surface area (Å²) in [6.07, 6.45) is 3.57. The molecule has 0 spiro atoms. The minimum atomic E-state index is -2.78. The molecule has 2 heterocycles. The standard InChI is InChI=1S/C11H17BrN2O2S/c1-14-4-2-11(13-14)6-10(7-12)9-3-5-17(15,16)8-9/h2,4,9-10H,3,5-8H2,1H3. The van der Waals surface area contributed by atoms with E-state index in [1.165, 1.54) is 0 Å². The van der Waals surface area contributed by atoms with E-state index in [9.17, 15) is 8.42 Å². The molecule has 1 aliphatic heterocycles. The zero-order valence-corrected chi connectivity index (χ0v) is 12.2. The Labute approximate surface area is 110 Å². The van der Waals surface area contributed by atoms with Gasteiger partial charge in [-0.25, -0.2) is 8.42 Å². The Bertz CT molecular complexity index is 483. The van der Waals surface area contributed by atoms with Gasteiger partial charge in [0.05, 0.1) is 17.2 Å². The van der Waals surface area contributed by atoms with Crippen LogP contribution in [-0.2, 0) is 23.3 Å². The van der Waals surface area contributed by atoms with Crippen LogP contribution in [0.25, 0.3) is 0 Å². The van der Waals surface area contributed by atoms with E-state index >= 15 is 0 Å². The van der Waals surface area contributed by atoms with Gasteiger partial charge >= 0.3 is 0 Å². The molecular formula is C11H17BrN2O2S. The number of alkyl halides is 1. The summed E-state index contributed by atoms with van der Waals surface area (Å²) in [4.78, 5) is 0. The van der Waals surface area contributed by atoms with E-state index in [2.05, 4.69) is 21.0 Å². The number of halogens is 1. The van der Waals surface area contributed by atoms with Gasteiger partial charge in [0.25, 0.3) is 0 Å². The molecule has 1 aromatic rings. The van der Waals surface area contributed by atoms with Gasteiger partial charge in [0, 0.05) is 18.6 Å². The van der Waals surface area contributed by atoms with Gasteiger partial charge in [0.2, 0.25) is 0 Å². The zero-order valence-electron chi connectivity index (χ0n) is 9.84. The number of hydrogen-bond acceptors (Lipinski definition) is 3. The molecule has 1 fully saturated rings. The highest BCUT2D eigenvalue weighted by atomic mass is 79.9. The van der Waals surface area contributed by atoms with Crippen LogP contribution in [-0.4, -0.2) is 35.0 Å². The first-order chi connectivity index (χ1) is 8.00. The Balaban J connectivity index is 2.02. The fraction of sp³-hybridized carbons (Fsp3) is 0.727. The van der Waals surface area contributed by atoms with Crippen molar-refractivity contribution in [1.82, 2.24) is 9.78 Å². The summed E-state index contributed by atoms with van der Waals surface area (Å²) in [5.41, 5.74) is 1.04. The lowest BCUT2D eigenvalue weighted by Gasteiger charge is -2.18. The summed E-state index contributed by atoms with van der Waals surface area (Å²) < 4.78 is 24.7. The number of rotatable bonds is 4. The van der Waals surface area contributed by atoms with Gasteiger partial charge in [-0.2, -0.15) is 5.10 Å². The molecule has 2 unspecified atom stereocenters. The van der Waals surface area contributed by atoms with Crippen LogP contribution in [0, 0.1) is 11.8 Å². The lowest BCUT2D eigenvalue weighted by molar-refractivity contribution is 0.398. The predicted octanol–water partition coefficient (Wildman–Crippen LogP) is 1.41. The fourth-order valence-corrected chi connectivity index (χ4v) is 5.06. The average molecular weight is 321 g/mol. The minimum Gasteiger partial charge on any atom is -0.276 e. The molecule has 1 saturated heterocycles. The van der Waals surface area contributed by atoms with Crippen LogP contribution < -0.4 is 0 Å². The lowest BCUT2D eigenvalue weighted by Crippen LogP contribution is -2.20. The van der Waals surface area contributed by atoms with E-state index < -0.39 is 9.84 Å². The third-order valence-corrected chi connectivity index (χ3v) is 6.00. The summed E-state index contributed by atoms with van der Waals surface area (Å²) in [6.45, 7) is 0. The maximum Gasteiger partial charge on any atom is 0.150 e. The molecule has 0 aliphatic carbocycles. The number of aromatic nitrogens is 2. The molecule has 0 saturated carbocycles. The molecule has 2 atom stereocenters. The third kappa shape index (κ3) is 3.31. The van der Waals surface area contributed by atoms with E-state index in [4.69, 9.17) is 0 Å². The first-order valence-electron chi connectivity index (χ1n) is 5.75. The maximum atomic E-state index is 11.5. The van der Waals surface area contributed by atoms with Crippen LogP contribution in [0.4, 0.5) is 0 Å². The molecule has 0 bridgehead atoms. The molecule has 4 nitrogen and oxygen atoms in total. The fourth-order valence-electron chi connectivity index (χ4n) is 2.38.